The Labute approximate surface area is 121 Å². The molecule has 0 aliphatic carbocycles. The summed E-state index contributed by atoms with van der Waals surface area (Å²) in [5.41, 5.74) is 0. The average molecular weight is 351 g/mol. The molecule has 1 aliphatic rings. The Balaban J connectivity index is 2.26. The van der Waals surface area contributed by atoms with Crippen molar-refractivity contribution in [2.75, 3.05) is 27.2 Å². The van der Waals surface area contributed by atoms with Gasteiger partial charge in [-0.3, -0.25) is 0 Å². The lowest BCUT2D eigenvalue weighted by molar-refractivity contribution is 0.302. The summed E-state index contributed by atoms with van der Waals surface area (Å²) in [6.07, 6.45) is 0.814. The zero-order valence-corrected chi connectivity index (χ0v) is 13.2. The van der Waals surface area contributed by atoms with E-state index in [-0.39, 0.29) is 15.4 Å². The Kier molecular flexibility index (Phi) is 4.29. The molecule has 0 radical (unpaired) electrons. The van der Waals surface area contributed by atoms with Crippen molar-refractivity contribution >= 4 is 26.0 Å². The lowest BCUT2D eigenvalue weighted by Crippen LogP contribution is -2.34. The van der Waals surface area contributed by atoms with Crippen LogP contribution in [0, 0.1) is 5.82 Å². The van der Waals surface area contributed by atoms with Crippen molar-refractivity contribution in [1.29, 1.82) is 0 Å². The maximum Gasteiger partial charge on any atom is 0.243 e. The van der Waals surface area contributed by atoms with Gasteiger partial charge in [-0.05, 0) is 54.6 Å². The predicted octanol–water partition coefficient (Wildman–Crippen LogP) is 1.91. The van der Waals surface area contributed by atoms with E-state index in [2.05, 4.69) is 15.9 Å². The lowest BCUT2D eigenvalue weighted by Gasteiger charge is -2.20. The van der Waals surface area contributed by atoms with Crippen LogP contribution in [0.15, 0.2) is 27.6 Å². The fourth-order valence-electron chi connectivity index (χ4n) is 2.14. The number of sulfonamides is 1. The molecule has 1 aromatic rings. The van der Waals surface area contributed by atoms with Gasteiger partial charge in [0.1, 0.15) is 5.82 Å². The number of benzene rings is 1. The minimum Gasteiger partial charge on any atom is -0.305 e. The van der Waals surface area contributed by atoms with E-state index in [1.807, 2.05) is 19.0 Å². The van der Waals surface area contributed by atoms with Crippen molar-refractivity contribution in [3.63, 3.8) is 0 Å². The third-order valence-corrected chi connectivity index (χ3v) is 5.85. The van der Waals surface area contributed by atoms with Crippen molar-refractivity contribution in [3.8, 4) is 0 Å². The topological polar surface area (TPSA) is 40.6 Å². The van der Waals surface area contributed by atoms with Gasteiger partial charge in [-0.2, -0.15) is 4.31 Å². The van der Waals surface area contributed by atoms with Crippen LogP contribution in [-0.2, 0) is 10.0 Å². The number of hydrogen-bond donors (Lipinski definition) is 0. The molecule has 0 saturated carbocycles. The van der Waals surface area contributed by atoms with Crippen LogP contribution in [0.2, 0.25) is 0 Å². The summed E-state index contributed by atoms with van der Waals surface area (Å²) < 4.78 is 39.7. The molecule has 19 heavy (non-hydrogen) atoms. The second-order valence-corrected chi connectivity index (χ2v) is 7.64. The second-order valence-electron chi connectivity index (χ2n) is 4.85. The van der Waals surface area contributed by atoms with E-state index in [9.17, 15) is 12.8 Å². The lowest BCUT2D eigenvalue weighted by atomic mass is 10.2. The van der Waals surface area contributed by atoms with E-state index in [1.54, 1.807) is 0 Å². The highest BCUT2D eigenvalue weighted by molar-refractivity contribution is 9.10. The molecule has 0 amide bonds. The van der Waals surface area contributed by atoms with Gasteiger partial charge in [0.2, 0.25) is 10.0 Å². The van der Waals surface area contributed by atoms with Gasteiger partial charge in [-0.1, -0.05) is 0 Å². The van der Waals surface area contributed by atoms with E-state index in [0.29, 0.717) is 13.1 Å². The van der Waals surface area contributed by atoms with Crippen molar-refractivity contribution in [2.24, 2.45) is 0 Å². The molecule has 1 saturated heterocycles. The highest BCUT2D eigenvalue weighted by Gasteiger charge is 2.33. The summed E-state index contributed by atoms with van der Waals surface area (Å²) in [7, 11) is 0.345. The van der Waals surface area contributed by atoms with Crippen molar-refractivity contribution < 1.29 is 12.8 Å². The molecular formula is C12H16BrFN2O2S. The molecule has 0 spiro atoms. The van der Waals surface area contributed by atoms with Crippen LogP contribution < -0.4 is 0 Å². The average Bonchev–Trinajstić information content (AvgIpc) is 2.82. The molecule has 1 heterocycles. The fourth-order valence-corrected chi connectivity index (χ4v) is 4.19. The standard InChI is InChI=1S/C12H16BrFN2O2S/c1-15(2)9-5-6-16(8-9)19(17,18)10-3-4-12(14)11(13)7-10/h3-4,7,9H,5-6,8H2,1-2H3/t9-/m0/s1. The van der Waals surface area contributed by atoms with Gasteiger partial charge in [-0.25, -0.2) is 12.8 Å². The van der Waals surface area contributed by atoms with E-state index in [1.165, 1.54) is 16.4 Å². The van der Waals surface area contributed by atoms with Gasteiger partial charge >= 0.3 is 0 Å². The molecule has 1 atom stereocenters. The SMILES string of the molecule is CN(C)[C@H]1CCN(S(=O)(=O)c2ccc(F)c(Br)c2)C1. The first kappa shape index (κ1) is 14.9. The molecule has 1 fully saturated rings. The summed E-state index contributed by atoms with van der Waals surface area (Å²) in [4.78, 5) is 2.15. The van der Waals surface area contributed by atoms with E-state index >= 15 is 0 Å². The molecule has 4 nitrogen and oxygen atoms in total. The maximum atomic E-state index is 13.2. The Morgan fingerprint density at radius 1 is 1.42 bits per heavy atom. The number of rotatable bonds is 3. The van der Waals surface area contributed by atoms with Crippen molar-refractivity contribution in [1.82, 2.24) is 9.21 Å². The quantitative estimate of drug-likeness (QED) is 0.835. The summed E-state index contributed by atoms with van der Waals surface area (Å²) in [5, 5.41) is 0. The van der Waals surface area contributed by atoms with Crippen molar-refractivity contribution in [2.45, 2.75) is 17.4 Å². The molecule has 1 aromatic carbocycles. The largest absolute Gasteiger partial charge is 0.305 e. The highest BCUT2D eigenvalue weighted by Crippen LogP contribution is 2.26. The first-order chi connectivity index (χ1) is 8.82. The minimum absolute atomic E-state index is 0.125. The Morgan fingerprint density at radius 3 is 2.63 bits per heavy atom. The van der Waals surface area contributed by atoms with Crippen LogP contribution >= 0.6 is 15.9 Å². The van der Waals surface area contributed by atoms with E-state index in [4.69, 9.17) is 0 Å². The first-order valence-electron chi connectivity index (χ1n) is 5.94. The monoisotopic (exact) mass is 350 g/mol. The summed E-state index contributed by atoms with van der Waals surface area (Å²) in [6, 6.07) is 4.02. The van der Waals surface area contributed by atoms with Gasteiger partial charge in [0, 0.05) is 19.1 Å². The maximum absolute atomic E-state index is 13.2. The first-order valence-corrected chi connectivity index (χ1v) is 8.17. The summed E-state index contributed by atoms with van der Waals surface area (Å²) in [5.74, 6) is -0.466. The molecule has 0 aromatic heterocycles. The molecule has 1 aliphatic heterocycles. The van der Waals surface area contributed by atoms with Gasteiger partial charge in [0.15, 0.2) is 0 Å². The van der Waals surface area contributed by atoms with Crippen molar-refractivity contribution in [3.05, 3.63) is 28.5 Å². The second kappa shape index (κ2) is 5.47. The fraction of sp³-hybridized carbons (Fsp3) is 0.500. The van der Waals surface area contributed by atoms with Crippen LogP contribution in [0.5, 0.6) is 0 Å². The molecule has 7 heteroatoms. The molecule has 0 unspecified atom stereocenters. The van der Waals surface area contributed by atoms with Crippen LogP contribution in [0.4, 0.5) is 4.39 Å². The van der Waals surface area contributed by atoms with Crippen LogP contribution in [0.25, 0.3) is 0 Å². The predicted molar refractivity (Wildman–Crippen MR) is 75.0 cm³/mol. The summed E-state index contributed by atoms with van der Waals surface area (Å²) in [6.45, 7) is 0.977. The van der Waals surface area contributed by atoms with Crippen LogP contribution in [0.1, 0.15) is 6.42 Å². The third-order valence-electron chi connectivity index (χ3n) is 3.39. The number of halogens is 2. The molecule has 0 bridgehead atoms. The Bertz CT molecular complexity index is 577. The highest BCUT2D eigenvalue weighted by atomic mass is 79.9. The Hall–Kier alpha value is -0.500. The molecule has 106 valence electrons. The van der Waals surface area contributed by atoms with Crippen LogP contribution in [-0.4, -0.2) is 50.8 Å². The normalized spacial score (nSPS) is 21.2. The third kappa shape index (κ3) is 2.99. The molecule has 0 N–H and O–H groups in total. The molecule has 2 rings (SSSR count). The minimum atomic E-state index is -3.53. The number of nitrogens with zero attached hydrogens (tertiary/aromatic N) is 2. The van der Waals surface area contributed by atoms with Gasteiger partial charge in [-0.15, -0.1) is 0 Å². The zero-order chi connectivity index (χ0) is 14.2. The van der Waals surface area contributed by atoms with Gasteiger partial charge in [0.25, 0.3) is 0 Å². The van der Waals surface area contributed by atoms with E-state index < -0.39 is 15.8 Å². The smallest absolute Gasteiger partial charge is 0.243 e. The number of likely N-dealkylation sites (N-methyl/N-ethyl adjacent to an activating group) is 1. The Morgan fingerprint density at radius 2 is 2.11 bits per heavy atom. The van der Waals surface area contributed by atoms with E-state index in [0.717, 1.165) is 12.5 Å². The van der Waals surface area contributed by atoms with Gasteiger partial charge in [0.05, 0.1) is 9.37 Å². The molecular weight excluding hydrogens is 335 g/mol. The number of hydrogen-bond acceptors (Lipinski definition) is 3. The van der Waals surface area contributed by atoms with Crippen LogP contribution in [0.3, 0.4) is 0 Å². The summed E-state index contributed by atoms with van der Waals surface area (Å²) >= 11 is 3.02. The zero-order valence-electron chi connectivity index (χ0n) is 10.8. The van der Waals surface area contributed by atoms with Gasteiger partial charge < -0.3 is 4.90 Å².